The Balaban J connectivity index is 2.10. The van der Waals surface area contributed by atoms with E-state index in [1.165, 1.54) is 4.57 Å². The molecule has 3 heterocycles. The first-order valence-electron chi connectivity index (χ1n) is 5.82. The highest BCUT2D eigenvalue weighted by molar-refractivity contribution is 6.35. The molecule has 0 aliphatic carbocycles. The van der Waals surface area contributed by atoms with E-state index in [2.05, 4.69) is 15.0 Å². The molecule has 3 atom stereocenters. The van der Waals surface area contributed by atoms with Crippen LogP contribution in [-0.4, -0.2) is 48.5 Å². The van der Waals surface area contributed by atoms with E-state index in [1.54, 1.807) is 0 Å². The molecule has 0 saturated carbocycles. The molecule has 2 aromatic rings. The van der Waals surface area contributed by atoms with Gasteiger partial charge in [-0.1, -0.05) is 11.6 Å². The Labute approximate surface area is 123 Å². The Morgan fingerprint density at radius 3 is 2.75 bits per heavy atom. The predicted molar refractivity (Wildman–Crippen MR) is 71.4 cm³/mol. The molecule has 0 bridgehead atoms. The number of hydrogen-bond donors (Lipinski definition) is 3. The van der Waals surface area contributed by atoms with E-state index >= 15 is 0 Å². The van der Waals surface area contributed by atoms with Gasteiger partial charge < -0.3 is 20.7 Å². The third kappa shape index (κ3) is 2.09. The van der Waals surface area contributed by atoms with Gasteiger partial charge in [0, 0.05) is 6.42 Å². The molecule has 3 rings (SSSR count). The summed E-state index contributed by atoms with van der Waals surface area (Å²) in [5.74, 6) is 0.120. The summed E-state index contributed by atoms with van der Waals surface area (Å²) >= 11 is 11.7. The summed E-state index contributed by atoms with van der Waals surface area (Å²) in [6, 6.07) is 0. The topological polar surface area (TPSA) is 119 Å². The molecule has 0 aromatic carbocycles. The molecule has 0 unspecified atom stereocenters. The second-order valence-corrected chi connectivity index (χ2v) is 5.11. The summed E-state index contributed by atoms with van der Waals surface area (Å²) in [5.41, 5.74) is 6.47. The highest BCUT2D eigenvalue weighted by Gasteiger charge is 2.36. The Morgan fingerprint density at radius 2 is 2.10 bits per heavy atom. The quantitative estimate of drug-likeness (QED) is 0.540. The lowest BCUT2D eigenvalue weighted by atomic mass is 10.2. The normalized spacial score (nSPS) is 26.5. The lowest BCUT2D eigenvalue weighted by molar-refractivity contribution is -0.0425. The molecule has 2 aromatic heterocycles. The van der Waals surface area contributed by atoms with Gasteiger partial charge in [0.2, 0.25) is 11.2 Å². The van der Waals surface area contributed by atoms with Crippen LogP contribution in [0.2, 0.25) is 10.4 Å². The standard InChI is InChI=1S/C10H11Cl2N5O3/c11-7-6-8(16-9(12)15-7)17(10(13)14-6)5-1-3(19)4(2-18)20-5/h3-5,18-19H,1-2H2,(H2,13,14)/t3-,4+,5+/m0/s1. The molecule has 8 nitrogen and oxygen atoms in total. The summed E-state index contributed by atoms with van der Waals surface area (Å²) in [4.78, 5) is 11.9. The predicted octanol–water partition coefficient (Wildman–Crippen LogP) is 0.356. The van der Waals surface area contributed by atoms with Crippen LogP contribution >= 0.6 is 23.2 Å². The second kappa shape index (κ2) is 4.97. The van der Waals surface area contributed by atoms with Crippen molar-refractivity contribution in [2.45, 2.75) is 24.9 Å². The Bertz CT molecular complexity index is 664. The Morgan fingerprint density at radius 1 is 1.35 bits per heavy atom. The second-order valence-electron chi connectivity index (χ2n) is 4.41. The van der Waals surface area contributed by atoms with Crippen LogP contribution in [0.3, 0.4) is 0 Å². The molecular weight excluding hydrogens is 309 g/mol. The molecule has 0 radical (unpaired) electrons. The van der Waals surface area contributed by atoms with Crippen LogP contribution in [0.15, 0.2) is 0 Å². The number of anilines is 1. The molecule has 1 fully saturated rings. The van der Waals surface area contributed by atoms with Crippen LogP contribution in [0.4, 0.5) is 5.95 Å². The minimum atomic E-state index is -0.797. The summed E-state index contributed by atoms with van der Waals surface area (Å²) in [7, 11) is 0. The maximum atomic E-state index is 9.79. The Kier molecular flexibility index (Phi) is 3.43. The highest BCUT2D eigenvalue weighted by atomic mass is 35.5. The number of nitrogens with two attached hydrogens (primary N) is 1. The van der Waals surface area contributed by atoms with Gasteiger partial charge >= 0.3 is 0 Å². The van der Waals surface area contributed by atoms with Crippen LogP contribution in [0, 0.1) is 0 Å². The van der Waals surface area contributed by atoms with E-state index < -0.39 is 18.4 Å². The zero-order valence-electron chi connectivity index (χ0n) is 10.1. The zero-order valence-corrected chi connectivity index (χ0v) is 11.6. The zero-order chi connectivity index (χ0) is 14.4. The molecule has 0 spiro atoms. The van der Waals surface area contributed by atoms with Crippen molar-refractivity contribution >= 4 is 40.3 Å². The fraction of sp³-hybridized carbons (Fsp3) is 0.500. The molecular formula is C10H11Cl2N5O3. The van der Waals surface area contributed by atoms with Gasteiger partial charge in [-0.05, 0) is 11.6 Å². The van der Waals surface area contributed by atoms with E-state index in [0.29, 0.717) is 11.2 Å². The van der Waals surface area contributed by atoms with Crippen molar-refractivity contribution < 1.29 is 14.9 Å². The van der Waals surface area contributed by atoms with Crippen molar-refractivity contribution in [3.8, 4) is 0 Å². The lowest BCUT2D eigenvalue weighted by Gasteiger charge is -2.14. The minimum Gasteiger partial charge on any atom is -0.394 e. The first-order chi connectivity index (χ1) is 9.51. The summed E-state index contributed by atoms with van der Waals surface area (Å²) < 4.78 is 7.01. The van der Waals surface area contributed by atoms with Crippen LogP contribution in [0.5, 0.6) is 0 Å². The average Bonchev–Trinajstić information content (AvgIpc) is 2.89. The number of halogens is 2. The highest BCUT2D eigenvalue weighted by Crippen LogP contribution is 2.34. The third-order valence-corrected chi connectivity index (χ3v) is 3.60. The Hall–Kier alpha value is -1.19. The van der Waals surface area contributed by atoms with Gasteiger partial charge in [-0.25, -0.2) is 9.97 Å². The summed E-state index contributed by atoms with van der Waals surface area (Å²) in [5, 5.41) is 18.9. The van der Waals surface area contributed by atoms with Crippen molar-refractivity contribution in [2.75, 3.05) is 12.3 Å². The number of hydrogen-bond acceptors (Lipinski definition) is 7. The number of rotatable bonds is 2. The summed E-state index contributed by atoms with van der Waals surface area (Å²) in [6.07, 6.45) is -1.83. The van der Waals surface area contributed by atoms with Crippen molar-refractivity contribution in [2.24, 2.45) is 0 Å². The summed E-state index contributed by atoms with van der Waals surface area (Å²) in [6.45, 7) is -0.291. The first kappa shape index (κ1) is 13.8. The van der Waals surface area contributed by atoms with Crippen molar-refractivity contribution in [3.05, 3.63) is 10.4 Å². The molecule has 20 heavy (non-hydrogen) atoms. The number of imidazole rings is 1. The molecule has 108 valence electrons. The monoisotopic (exact) mass is 319 g/mol. The van der Waals surface area contributed by atoms with Gasteiger partial charge in [0.1, 0.15) is 17.8 Å². The van der Waals surface area contributed by atoms with E-state index in [-0.39, 0.29) is 29.4 Å². The molecule has 10 heteroatoms. The number of aliphatic hydroxyl groups is 2. The van der Waals surface area contributed by atoms with Gasteiger partial charge in [-0.3, -0.25) is 4.57 Å². The minimum absolute atomic E-state index is 0.0408. The number of aromatic nitrogens is 4. The number of nitrogen functional groups attached to an aromatic ring is 1. The van der Waals surface area contributed by atoms with Crippen LogP contribution in [-0.2, 0) is 4.74 Å². The number of fused-ring (bicyclic) bond motifs is 1. The number of nitrogens with zero attached hydrogens (tertiary/aromatic N) is 4. The first-order valence-corrected chi connectivity index (χ1v) is 6.57. The smallest absolute Gasteiger partial charge is 0.225 e. The molecule has 1 aliphatic rings. The van der Waals surface area contributed by atoms with Gasteiger partial charge in [0.25, 0.3) is 0 Å². The number of aliphatic hydroxyl groups excluding tert-OH is 2. The number of ether oxygens (including phenoxy) is 1. The molecule has 1 saturated heterocycles. The van der Waals surface area contributed by atoms with Crippen molar-refractivity contribution in [3.63, 3.8) is 0 Å². The lowest BCUT2D eigenvalue weighted by Crippen LogP contribution is -2.24. The van der Waals surface area contributed by atoms with Crippen molar-refractivity contribution in [1.82, 2.24) is 19.5 Å². The SMILES string of the molecule is Nc1nc2c(Cl)nc(Cl)nc2n1[C@H]1C[C@H](O)[C@@H](CO)O1. The molecule has 1 aliphatic heterocycles. The van der Waals surface area contributed by atoms with Gasteiger partial charge in [0.15, 0.2) is 10.8 Å². The average molecular weight is 320 g/mol. The third-order valence-electron chi connectivity index (χ3n) is 3.17. The molecule has 0 amide bonds. The van der Waals surface area contributed by atoms with Gasteiger partial charge in [0.05, 0.1) is 12.7 Å². The van der Waals surface area contributed by atoms with Crippen molar-refractivity contribution in [1.29, 1.82) is 0 Å². The maximum Gasteiger partial charge on any atom is 0.225 e. The molecule has 4 N–H and O–H groups in total. The fourth-order valence-electron chi connectivity index (χ4n) is 2.25. The van der Waals surface area contributed by atoms with Gasteiger partial charge in [-0.2, -0.15) is 4.98 Å². The largest absolute Gasteiger partial charge is 0.394 e. The van der Waals surface area contributed by atoms with Gasteiger partial charge in [-0.15, -0.1) is 0 Å². The van der Waals surface area contributed by atoms with Crippen LogP contribution in [0.1, 0.15) is 12.6 Å². The van der Waals surface area contributed by atoms with Crippen LogP contribution < -0.4 is 5.73 Å². The van der Waals surface area contributed by atoms with E-state index in [9.17, 15) is 5.11 Å². The van der Waals surface area contributed by atoms with E-state index in [0.717, 1.165) is 0 Å². The maximum absolute atomic E-state index is 9.79. The van der Waals surface area contributed by atoms with E-state index in [4.69, 9.17) is 38.8 Å². The van der Waals surface area contributed by atoms with Crippen LogP contribution in [0.25, 0.3) is 11.2 Å². The fourth-order valence-corrected chi connectivity index (χ4v) is 2.67. The van der Waals surface area contributed by atoms with E-state index in [1.807, 2.05) is 0 Å².